The van der Waals surface area contributed by atoms with E-state index in [2.05, 4.69) is 6.92 Å². The molecule has 0 radical (unpaired) electrons. The molecule has 0 heterocycles. The number of hydrogen-bond acceptors (Lipinski definition) is 3. The van der Waals surface area contributed by atoms with Crippen molar-refractivity contribution in [3.8, 4) is 0 Å². The molecule has 0 aromatic rings. The van der Waals surface area contributed by atoms with Crippen LogP contribution < -0.4 is 0 Å². The van der Waals surface area contributed by atoms with Crippen LogP contribution in [0.2, 0.25) is 0 Å². The summed E-state index contributed by atoms with van der Waals surface area (Å²) >= 11 is 0. The van der Waals surface area contributed by atoms with E-state index in [1.165, 1.54) is 11.1 Å². The van der Waals surface area contributed by atoms with Crippen LogP contribution in [0.4, 0.5) is 0 Å². The molecule has 4 aliphatic carbocycles. The topological polar surface area (TPSA) is 57.5 Å². The zero-order valence-electron chi connectivity index (χ0n) is 14.3. The molecule has 126 valence electrons. The summed E-state index contributed by atoms with van der Waals surface area (Å²) in [5.41, 5.74) is 3.22. The summed E-state index contributed by atoms with van der Waals surface area (Å²) < 4.78 is 0. The average molecular weight is 316 g/mol. The number of aliphatic hydroxyl groups is 2. The fourth-order valence-corrected chi connectivity index (χ4v) is 6.27. The lowest BCUT2D eigenvalue weighted by Crippen LogP contribution is -2.55. The first-order valence-electron chi connectivity index (χ1n) is 9.23. The van der Waals surface area contributed by atoms with Crippen molar-refractivity contribution in [2.45, 2.75) is 76.9 Å². The lowest BCUT2D eigenvalue weighted by molar-refractivity contribution is -0.152. The first-order valence-corrected chi connectivity index (χ1v) is 9.23. The summed E-state index contributed by atoms with van der Waals surface area (Å²) in [4.78, 5) is 11.7. The number of rotatable bonds is 1. The smallest absolute Gasteiger partial charge is 0.156 e. The summed E-state index contributed by atoms with van der Waals surface area (Å²) in [7, 11) is 0. The second kappa shape index (κ2) is 5.03. The van der Waals surface area contributed by atoms with Crippen LogP contribution in [0, 0.1) is 17.3 Å². The van der Waals surface area contributed by atoms with E-state index < -0.39 is 11.7 Å². The first kappa shape index (κ1) is 15.6. The minimum absolute atomic E-state index is 0.179. The van der Waals surface area contributed by atoms with E-state index in [0.29, 0.717) is 24.7 Å². The molecule has 0 spiro atoms. The standard InChI is InChI=1S/C20H28O3/c1-12(21)20(23)10-8-18-17-5-3-13-11-14(22)4-6-15(13)16(17)7-9-19(18,20)2/h11-12,17-18,21,23H,3-10H2,1-2H3/t12?,17-,18+,19+,20+/m1/s1. The van der Waals surface area contributed by atoms with Crippen LogP contribution in [0.5, 0.6) is 0 Å². The Bertz CT molecular complexity index is 614. The normalized spacial score (nSPS) is 44.3. The van der Waals surface area contributed by atoms with Gasteiger partial charge in [-0.1, -0.05) is 12.5 Å². The highest BCUT2D eigenvalue weighted by Gasteiger charge is 2.62. The Hall–Kier alpha value is -0.930. The molecule has 0 aliphatic heterocycles. The molecule has 4 aliphatic rings. The van der Waals surface area contributed by atoms with Crippen molar-refractivity contribution < 1.29 is 15.0 Å². The van der Waals surface area contributed by atoms with Crippen molar-refractivity contribution >= 4 is 5.78 Å². The van der Waals surface area contributed by atoms with Gasteiger partial charge >= 0.3 is 0 Å². The van der Waals surface area contributed by atoms with Gasteiger partial charge in [0, 0.05) is 11.8 Å². The molecule has 0 saturated heterocycles. The minimum Gasteiger partial charge on any atom is -0.390 e. The van der Waals surface area contributed by atoms with Crippen LogP contribution in [0.3, 0.4) is 0 Å². The van der Waals surface area contributed by atoms with E-state index in [4.69, 9.17) is 0 Å². The van der Waals surface area contributed by atoms with Gasteiger partial charge < -0.3 is 10.2 Å². The molecule has 23 heavy (non-hydrogen) atoms. The molecule has 2 N–H and O–H groups in total. The van der Waals surface area contributed by atoms with Crippen molar-refractivity contribution in [1.29, 1.82) is 0 Å². The van der Waals surface area contributed by atoms with Crippen molar-refractivity contribution in [2.24, 2.45) is 17.3 Å². The van der Waals surface area contributed by atoms with Crippen LogP contribution >= 0.6 is 0 Å². The van der Waals surface area contributed by atoms with Crippen LogP contribution in [0.1, 0.15) is 65.2 Å². The number of aliphatic hydroxyl groups excluding tert-OH is 1. The molecule has 2 fully saturated rings. The van der Waals surface area contributed by atoms with E-state index >= 15 is 0 Å². The molecule has 4 rings (SSSR count). The molecular formula is C20H28O3. The van der Waals surface area contributed by atoms with Gasteiger partial charge in [0.2, 0.25) is 0 Å². The number of carbonyl (C=O) groups is 1. The van der Waals surface area contributed by atoms with Gasteiger partial charge in [0.25, 0.3) is 0 Å². The van der Waals surface area contributed by atoms with Crippen LogP contribution in [-0.4, -0.2) is 27.7 Å². The largest absolute Gasteiger partial charge is 0.390 e. The minimum atomic E-state index is -0.938. The Labute approximate surface area is 138 Å². The zero-order chi connectivity index (χ0) is 16.4. The predicted octanol–water partition coefficient (Wildman–Crippen LogP) is 3.30. The summed E-state index contributed by atoms with van der Waals surface area (Å²) in [5.74, 6) is 1.30. The molecule has 3 heteroatoms. The van der Waals surface area contributed by atoms with Gasteiger partial charge in [-0.15, -0.1) is 0 Å². The molecule has 3 nitrogen and oxygen atoms in total. The van der Waals surface area contributed by atoms with Crippen LogP contribution in [-0.2, 0) is 4.79 Å². The third kappa shape index (κ3) is 1.99. The Balaban J connectivity index is 1.73. The second-order valence-corrected chi connectivity index (χ2v) is 8.45. The molecule has 0 aromatic carbocycles. The number of hydrogen-bond donors (Lipinski definition) is 2. The van der Waals surface area contributed by atoms with Gasteiger partial charge in [0.15, 0.2) is 5.78 Å². The monoisotopic (exact) mass is 316 g/mol. The summed E-state index contributed by atoms with van der Waals surface area (Å²) in [6.07, 6.45) is 8.61. The van der Waals surface area contributed by atoms with Gasteiger partial charge in [-0.05, 0) is 80.9 Å². The Morgan fingerprint density at radius 1 is 1.17 bits per heavy atom. The number of ketones is 1. The first-order chi connectivity index (χ1) is 10.9. The average Bonchev–Trinajstić information content (AvgIpc) is 2.80. The number of carbonyl (C=O) groups excluding carboxylic acids is 1. The maximum absolute atomic E-state index is 11.7. The maximum Gasteiger partial charge on any atom is 0.156 e. The van der Waals surface area contributed by atoms with Gasteiger partial charge in [0.1, 0.15) is 0 Å². The van der Waals surface area contributed by atoms with Gasteiger partial charge in [0.05, 0.1) is 11.7 Å². The third-order valence-corrected chi connectivity index (χ3v) is 7.64. The third-order valence-electron chi connectivity index (χ3n) is 7.64. The fraction of sp³-hybridized carbons (Fsp3) is 0.750. The van der Waals surface area contributed by atoms with Crippen molar-refractivity contribution in [3.63, 3.8) is 0 Å². The molecule has 5 atom stereocenters. The van der Waals surface area contributed by atoms with Gasteiger partial charge in [-0.2, -0.15) is 0 Å². The number of fused-ring (bicyclic) bond motifs is 4. The van der Waals surface area contributed by atoms with E-state index in [0.717, 1.165) is 38.5 Å². The van der Waals surface area contributed by atoms with Crippen LogP contribution in [0.15, 0.2) is 22.8 Å². The summed E-state index contributed by atoms with van der Waals surface area (Å²) in [6.45, 7) is 3.95. The predicted molar refractivity (Wildman–Crippen MR) is 88.8 cm³/mol. The number of allylic oxidation sites excluding steroid dienone is 4. The molecule has 0 aromatic heterocycles. The van der Waals surface area contributed by atoms with E-state index in [9.17, 15) is 15.0 Å². The summed E-state index contributed by atoms with van der Waals surface area (Å²) in [6, 6.07) is 0. The Morgan fingerprint density at radius 2 is 1.96 bits per heavy atom. The SMILES string of the molecule is CC(O)[C@@]1(O)CC[C@H]2[C@@H]3CCC4=CC(=O)CCC4=C3CC[C@@]21C. The highest BCUT2D eigenvalue weighted by atomic mass is 16.3. The second-order valence-electron chi connectivity index (χ2n) is 8.45. The van der Waals surface area contributed by atoms with Crippen molar-refractivity contribution in [1.82, 2.24) is 0 Å². The highest BCUT2D eigenvalue weighted by molar-refractivity contribution is 5.93. The molecule has 0 amide bonds. The maximum atomic E-state index is 11.7. The van der Waals surface area contributed by atoms with Crippen LogP contribution in [0.25, 0.3) is 0 Å². The molecule has 0 bridgehead atoms. The quantitative estimate of drug-likeness (QED) is 0.780. The lowest BCUT2D eigenvalue weighted by Gasteiger charge is -2.52. The van der Waals surface area contributed by atoms with Crippen molar-refractivity contribution in [3.05, 3.63) is 22.8 Å². The molecule has 2 saturated carbocycles. The zero-order valence-corrected chi connectivity index (χ0v) is 14.3. The lowest BCUT2D eigenvalue weighted by atomic mass is 9.54. The van der Waals surface area contributed by atoms with Gasteiger partial charge in [-0.3, -0.25) is 4.79 Å². The van der Waals surface area contributed by atoms with E-state index in [-0.39, 0.29) is 11.2 Å². The Kier molecular flexibility index (Phi) is 3.41. The van der Waals surface area contributed by atoms with E-state index in [1.807, 2.05) is 6.08 Å². The fourth-order valence-electron chi connectivity index (χ4n) is 6.27. The van der Waals surface area contributed by atoms with Gasteiger partial charge in [-0.25, -0.2) is 0 Å². The molecule has 1 unspecified atom stereocenters. The summed E-state index contributed by atoms with van der Waals surface area (Å²) in [5, 5.41) is 21.4. The Morgan fingerprint density at radius 3 is 2.70 bits per heavy atom. The highest BCUT2D eigenvalue weighted by Crippen LogP contribution is 2.64. The van der Waals surface area contributed by atoms with E-state index in [1.54, 1.807) is 12.5 Å². The molecular weight excluding hydrogens is 288 g/mol. The van der Waals surface area contributed by atoms with Crippen molar-refractivity contribution in [2.75, 3.05) is 0 Å².